The number of carbonyl (C=O) groups excluding carboxylic acids is 2. The molecule has 2 amide bonds. The molecule has 0 aromatic carbocycles. The van der Waals surface area contributed by atoms with Crippen LogP contribution >= 0.6 is 0 Å². The van der Waals surface area contributed by atoms with Crippen molar-refractivity contribution in [2.45, 2.75) is 24.3 Å². The molecule has 1 saturated carbocycles. The van der Waals surface area contributed by atoms with Crippen LogP contribution in [0.5, 0.6) is 0 Å². The fourth-order valence-corrected chi connectivity index (χ4v) is 4.45. The second-order valence-corrected chi connectivity index (χ2v) is 8.84. The molecule has 2 aromatic heterocycles. The van der Waals surface area contributed by atoms with Crippen LogP contribution in [0, 0.1) is 5.92 Å². The number of rotatable bonds is 5. The molecule has 3 N–H and O–H groups in total. The molecule has 0 saturated heterocycles. The average Bonchev–Trinajstić information content (AvgIpc) is 3.46. The Morgan fingerprint density at radius 2 is 2.14 bits per heavy atom. The molecule has 3 heterocycles. The van der Waals surface area contributed by atoms with E-state index in [0.717, 1.165) is 18.4 Å². The van der Waals surface area contributed by atoms with Crippen LogP contribution in [0.3, 0.4) is 0 Å². The number of carbonyl (C=O) groups is 2. The number of pyridine rings is 1. The van der Waals surface area contributed by atoms with E-state index in [1.807, 2.05) is 5.32 Å². The molecular weight excluding hydrogens is 382 g/mol. The molecule has 28 heavy (non-hydrogen) atoms. The van der Waals surface area contributed by atoms with Gasteiger partial charge in [-0.25, -0.2) is 13.6 Å². The summed E-state index contributed by atoms with van der Waals surface area (Å²) in [7, 11) is -2.70. The van der Waals surface area contributed by atoms with Crippen molar-refractivity contribution in [1.29, 1.82) is 0 Å². The Morgan fingerprint density at radius 1 is 1.32 bits per heavy atom. The largest absolute Gasteiger partial charge is 0.354 e. The van der Waals surface area contributed by atoms with Gasteiger partial charge in [-0.1, -0.05) is 0 Å². The number of anilines is 3. The third-order valence-corrected chi connectivity index (χ3v) is 6.26. The number of hydrogen-bond donors (Lipinski definition) is 3. The summed E-state index contributed by atoms with van der Waals surface area (Å²) in [4.78, 5) is 29.2. The highest BCUT2D eigenvalue weighted by molar-refractivity contribution is 7.93. The number of fused-ring (bicyclic) bond motifs is 1. The van der Waals surface area contributed by atoms with Crippen molar-refractivity contribution in [2.75, 3.05) is 23.9 Å². The van der Waals surface area contributed by atoms with Crippen molar-refractivity contribution in [2.24, 2.45) is 10.3 Å². The lowest BCUT2D eigenvalue weighted by Crippen LogP contribution is -2.22. The van der Waals surface area contributed by atoms with Crippen LogP contribution in [0.2, 0.25) is 0 Å². The van der Waals surface area contributed by atoms with Crippen LogP contribution in [0.15, 0.2) is 27.6 Å². The molecule has 1 atom stereocenters. The number of nitrogens with zero attached hydrogens (tertiary/aromatic N) is 4. The first-order chi connectivity index (χ1) is 14.5. The topological polar surface area (TPSA) is 138 Å². The third-order valence-electron chi connectivity index (χ3n) is 4.42. The predicted octanol–water partition coefficient (Wildman–Crippen LogP) is 1.29. The Balaban J connectivity index is 1.73. The first-order valence-electron chi connectivity index (χ1n) is 9.97. The second-order valence-electron chi connectivity index (χ2n) is 6.57. The molecule has 0 radical (unpaired) electrons. The van der Waals surface area contributed by atoms with E-state index >= 15 is 0 Å². The minimum absolute atomic E-state index is 0.0471. The van der Waals surface area contributed by atoms with Gasteiger partial charge in [0.15, 0.2) is 11.5 Å². The monoisotopic (exact) mass is 404 g/mol. The van der Waals surface area contributed by atoms with E-state index in [0.29, 0.717) is 4.90 Å². The van der Waals surface area contributed by atoms with Crippen LogP contribution < -0.4 is 16.0 Å². The Bertz CT molecular complexity index is 1200. The van der Waals surface area contributed by atoms with Crippen molar-refractivity contribution in [3.8, 4) is 0 Å². The molecule has 4 rings (SSSR count). The summed E-state index contributed by atoms with van der Waals surface area (Å²) >= 11 is 0. The molecule has 0 bridgehead atoms. The molecule has 1 unspecified atom stereocenters. The normalized spacial score (nSPS) is 22.1. The number of nitrogens with one attached hydrogen (secondary N) is 3. The Hall–Kier alpha value is -3.08. The highest BCUT2D eigenvalue weighted by Gasteiger charge is 2.30. The fourth-order valence-electron chi connectivity index (χ4n) is 2.86. The van der Waals surface area contributed by atoms with E-state index in [2.05, 4.69) is 30.2 Å². The van der Waals surface area contributed by atoms with Crippen molar-refractivity contribution in [3.63, 3.8) is 0 Å². The smallest absolute Gasteiger partial charge is 0.273 e. The number of hydrogen-bond acceptors (Lipinski definition) is 8. The van der Waals surface area contributed by atoms with Crippen LogP contribution in [-0.2, 0) is 21.1 Å². The summed E-state index contributed by atoms with van der Waals surface area (Å²) in [6.45, 7) is -2.47. The Labute approximate surface area is 165 Å². The minimum Gasteiger partial charge on any atom is -0.354 e. The summed E-state index contributed by atoms with van der Waals surface area (Å²) in [5.41, 5.74) is 0.450. The minimum atomic E-state index is -2.74. The molecule has 146 valence electrons. The van der Waals surface area contributed by atoms with Crippen molar-refractivity contribution in [1.82, 2.24) is 20.5 Å². The summed E-state index contributed by atoms with van der Waals surface area (Å²) in [6, 6.07) is 3.06. The molecule has 1 fully saturated rings. The third kappa shape index (κ3) is 3.40. The molecule has 2 aliphatic rings. The van der Waals surface area contributed by atoms with E-state index in [4.69, 9.17) is 4.11 Å². The Kier molecular flexibility index (Phi) is 3.63. The molecule has 2 aromatic rings. The van der Waals surface area contributed by atoms with Gasteiger partial charge in [0, 0.05) is 35.5 Å². The zero-order valence-corrected chi connectivity index (χ0v) is 15.7. The molecule has 1 aliphatic heterocycles. The standard InChI is InChI=1S/C17H19N7O3S/c1-18-17(26)13-11(7-12(23-24-13)22-16(25)9-3-4-9)21-15-14-10(5-6-19-15)8-20-28(14,2)27/h5-7,9H,3-4,8H2,1-2H3,(H,18,26)(H2,19,21,22,23,25)/i1D3. The van der Waals surface area contributed by atoms with E-state index in [1.165, 1.54) is 18.5 Å². The first kappa shape index (κ1) is 14.9. The van der Waals surface area contributed by atoms with Gasteiger partial charge in [-0.05, 0) is 24.5 Å². The van der Waals surface area contributed by atoms with Crippen molar-refractivity contribution < 1.29 is 17.9 Å². The van der Waals surface area contributed by atoms with Crippen molar-refractivity contribution in [3.05, 3.63) is 29.6 Å². The van der Waals surface area contributed by atoms with Crippen LogP contribution in [0.4, 0.5) is 17.3 Å². The van der Waals surface area contributed by atoms with Gasteiger partial charge in [0.2, 0.25) is 5.91 Å². The van der Waals surface area contributed by atoms with Crippen LogP contribution in [0.25, 0.3) is 0 Å². The summed E-state index contributed by atoms with van der Waals surface area (Å²) < 4.78 is 38.7. The van der Waals surface area contributed by atoms with Crippen molar-refractivity contribution >= 4 is 38.9 Å². The first-order valence-corrected chi connectivity index (χ1v) is 10.4. The molecule has 0 spiro atoms. The maximum Gasteiger partial charge on any atom is 0.273 e. The SMILES string of the molecule is [2H]C([2H])([2H])NC(=O)c1nnc(NC(=O)C2CC2)cc1Nc1nccc2c1S(C)(=O)=NC2. The Morgan fingerprint density at radius 3 is 2.89 bits per heavy atom. The lowest BCUT2D eigenvalue weighted by Gasteiger charge is -2.14. The summed E-state index contributed by atoms with van der Waals surface area (Å²) in [6.07, 6.45) is 4.57. The van der Waals surface area contributed by atoms with Gasteiger partial charge in [0.05, 0.1) is 26.9 Å². The lowest BCUT2D eigenvalue weighted by atomic mass is 10.2. The van der Waals surface area contributed by atoms with Crippen LogP contribution in [-0.4, -0.2) is 44.4 Å². The van der Waals surface area contributed by atoms with Gasteiger partial charge in [0.1, 0.15) is 5.82 Å². The highest BCUT2D eigenvalue weighted by Crippen LogP contribution is 2.34. The van der Waals surface area contributed by atoms with E-state index < -0.39 is 22.6 Å². The number of aromatic nitrogens is 3. The zero-order valence-electron chi connectivity index (χ0n) is 17.9. The van der Waals surface area contributed by atoms with E-state index in [-0.39, 0.29) is 41.4 Å². The highest BCUT2D eigenvalue weighted by atomic mass is 32.2. The van der Waals surface area contributed by atoms with Gasteiger partial charge >= 0.3 is 0 Å². The molecule has 1 aliphatic carbocycles. The number of amides is 2. The lowest BCUT2D eigenvalue weighted by molar-refractivity contribution is -0.117. The molecule has 11 heteroatoms. The van der Waals surface area contributed by atoms with E-state index in [1.54, 1.807) is 6.07 Å². The quantitative estimate of drug-likeness (QED) is 0.682. The summed E-state index contributed by atoms with van der Waals surface area (Å²) in [5, 5.41) is 15.0. The predicted molar refractivity (Wildman–Crippen MR) is 103 cm³/mol. The second kappa shape index (κ2) is 6.82. The van der Waals surface area contributed by atoms with Gasteiger partial charge in [-0.3, -0.25) is 9.59 Å². The molecule has 10 nitrogen and oxygen atoms in total. The van der Waals surface area contributed by atoms with Gasteiger partial charge in [-0.15, -0.1) is 10.2 Å². The van der Waals surface area contributed by atoms with E-state index in [9.17, 15) is 13.8 Å². The maximum atomic E-state index is 12.8. The van der Waals surface area contributed by atoms with Gasteiger partial charge in [0.25, 0.3) is 5.91 Å². The summed E-state index contributed by atoms with van der Waals surface area (Å²) in [5.74, 6) is -1.01. The zero-order chi connectivity index (χ0) is 22.4. The maximum absolute atomic E-state index is 12.8. The average molecular weight is 404 g/mol. The fraction of sp³-hybridized carbons (Fsp3) is 0.353. The van der Waals surface area contributed by atoms with Gasteiger partial charge in [-0.2, -0.15) is 0 Å². The molecular formula is C17H19N7O3S. The van der Waals surface area contributed by atoms with Gasteiger partial charge < -0.3 is 16.0 Å². The van der Waals surface area contributed by atoms with Crippen LogP contribution in [0.1, 0.15) is 33.0 Å².